The van der Waals surface area contributed by atoms with Crippen LogP contribution < -0.4 is 22.5 Å². The number of nitrogen functional groups attached to an aromatic ring is 1. The quantitative estimate of drug-likeness (QED) is 0.269. The van der Waals surface area contributed by atoms with Crippen LogP contribution >= 0.6 is 0 Å². The zero-order valence-corrected chi connectivity index (χ0v) is 24.1. The fourth-order valence-corrected chi connectivity index (χ4v) is 4.56. The standard InChI is InChI=1S/C30H42FN7O2/c1-29(2,3)26(38(15-9-14-32)25(39)17-35-28(40)30(4,5)34)27-36-24(22-16-21(33)12-13-23(22)31)19-37(27)18-20-10-7-6-8-11-20/h6-8,10-13,16,19,26H,9,14-15,17-18,32-34H2,1-5H3,(H,35,40). The van der Waals surface area contributed by atoms with Gasteiger partial charge >= 0.3 is 0 Å². The molecule has 2 amide bonds. The lowest BCUT2D eigenvalue weighted by Gasteiger charge is -2.40. The lowest BCUT2D eigenvalue weighted by molar-refractivity contribution is -0.138. The predicted molar refractivity (Wildman–Crippen MR) is 156 cm³/mol. The molecule has 0 fully saturated rings. The molecule has 0 saturated heterocycles. The molecule has 2 aromatic carbocycles. The van der Waals surface area contributed by atoms with E-state index in [1.807, 2.05) is 55.7 Å². The van der Waals surface area contributed by atoms with Crippen molar-refractivity contribution in [3.05, 3.63) is 71.9 Å². The summed E-state index contributed by atoms with van der Waals surface area (Å²) >= 11 is 0. The van der Waals surface area contributed by atoms with Crippen molar-refractivity contribution >= 4 is 17.5 Å². The molecule has 40 heavy (non-hydrogen) atoms. The van der Waals surface area contributed by atoms with E-state index in [-0.39, 0.29) is 18.0 Å². The van der Waals surface area contributed by atoms with Crippen LogP contribution in [0.4, 0.5) is 10.1 Å². The highest BCUT2D eigenvalue weighted by atomic mass is 19.1. The van der Waals surface area contributed by atoms with Crippen molar-refractivity contribution in [3.63, 3.8) is 0 Å². The van der Waals surface area contributed by atoms with Crippen LogP contribution in [0.2, 0.25) is 0 Å². The first-order chi connectivity index (χ1) is 18.7. The minimum absolute atomic E-state index is 0.229. The minimum Gasteiger partial charge on any atom is -0.399 e. The molecule has 0 saturated carbocycles. The molecule has 7 N–H and O–H groups in total. The maximum absolute atomic E-state index is 15.0. The van der Waals surface area contributed by atoms with Crippen molar-refractivity contribution in [1.82, 2.24) is 19.8 Å². The van der Waals surface area contributed by atoms with E-state index in [0.29, 0.717) is 43.3 Å². The van der Waals surface area contributed by atoms with Crippen molar-refractivity contribution in [2.75, 3.05) is 25.4 Å². The summed E-state index contributed by atoms with van der Waals surface area (Å²) in [4.78, 5) is 32.8. The lowest BCUT2D eigenvalue weighted by atomic mass is 9.84. The average molecular weight is 552 g/mol. The number of nitrogens with two attached hydrogens (primary N) is 3. The van der Waals surface area contributed by atoms with Crippen LogP contribution in [0.15, 0.2) is 54.7 Å². The molecule has 1 atom stereocenters. The van der Waals surface area contributed by atoms with Gasteiger partial charge in [0.1, 0.15) is 11.6 Å². The largest absolute Gasteiger partial charge is 0.399 e. The Kier molecular flexibility index (Phi) is 9.70. The van der Waals surface area contributed by atoms with Crippen LogP contribution in [0.25, 0.3) is 11.3 Å². The van der Waals surface area contributed by atoms with E-state index in [4.69, 9.17) is 22.2 Å². The molecule has 3 rings (SSSR count). The molecular formula is C30H42FN7O2. The van der Waals surface area contributed by atoms with Gasteiger partial charge in [-0.25, -0.2) is 9.37 Å². The highest BCUT2D eigenvalue weighted by Gasteiger charge is 2.38. The molecule has 3 aromatic rings. The number of nitrogens with zero attached hydrogens (tertiary/aromatic N) is 3. The summed E-state index contributed by atoms with van der Waals surface area (Å²) in [6, 6.07) is 13.7. The number of anilines is 1. The fourth-order valence-electron chi connectivity index (χ4n) is 4.56. The third-order valence-corrected chi connectivity index (χ3v) is 6.55. The number of amides is 2. The van der Waals surface area contributed by atoms with Gasteiger partial charge < -0.3 is 32.0 Å². The topological polar surface area (TPSA) is 145 Å². The average Bonchev–Trinajstić information content (AvgIpc) is 3.27. The highest BCUT2D eigenvalue weighted by Crippen LogP contribution is 2.39. The summed E-state index contributed by atoms with van der Waals surface area (Å²) in [7, 11) is 0. The minimum atomic E-state index is -1.13. The van der Waals surface area contributed by atoms with E-state index < -0.39 is 28.7 Å². The van der Waals surface area contributed by atoms with Crippen molar-refractivity contribution in [3.8, 4) is 11.3 Å². The van der Waals surface area contributed by atoms with Gasteiger partial charge in [-0.3, -0.25) is 9.59 Å². The molecule has 9 nitrogen and oxygen atoms in total. The van der Waals surface area contributed by atoms with Gasteiger partial charge in [0.05, 0.1) is 23.8 Å². The zero-order valence-electron chi connectivity index (χ0n) is 24.1. The second kappa shape index (κ2) is 12.6. The van der Waals surface area contributed by atoms with E-state index >= 15 is 0 Å². The molecule has 0 aliphatic rings. The number of hydrogen-bond acceptors (Lipinski definition) is 6. The van der Waals surface area contributed by atoms with E-state index in [2.05, 4.69) is 5.32 Å². The summed E-state index contributed by atoms with van der Waals surface area (Å²) < 4.78 is 16.9. The van der Waals surface area contributed by atoms with Gasteiger partial charge in [0.2, 0.25) is 11.8 Å². The van der Waals surface area contributed by atoms with E-state index in [9.17, 15) is 14.0 Å². The Morgan fingerprint density at radius 3 is 2.38 bits per heavy atom. The van der Waals surface area contributed by atoms with Crippen molar-refractivity contribution in [1.29, 1.82) is 0 Å². The molecule has 0 radical (unpaired) electrons. The predicted octanol–water partition coefficient (Wildman–Crippen LogP) is 3.44. The van der Waals surface area contributed by atoms with Crippen LogP contribution in [0, 0.1) is 11.2 Å². The first kappa shape index (κ1) is 30.8. The molecule has 1 unspecified atom stereocenters. The summed E-state index contributed by atoms with van der Waals surface area (Å²) in [6.45, 7) is 10.2. The number of carbonyl (C=O) groups excluding carboxylic acids is 2. The van der Waals surface area contributed by atoms with Gasteiger partial charge in [-0.2, -0.15) is 0 Å². The Morgan fingerprint density at radius 2 is 1.77 bits per heavy atom. The molecule has 216 valence electrons. The maximum Gasteiger partial charge on any atom is 0.242 e. The number of nitrogens with one attached hydrogen (secondary N) is 1. The molecule has 0 spiro atoms. The van der Waals surface area contributed by atoms with Gasteiger partial charge in [0.25, 0.3) is 0 Å². The highest BCUT2D eigenvalue weighted by molar-refractivity contribution is 5.89. The number of halogens is 1. The van der Waals surface area contributed by atoms with Gasteiger partial charge in [-0.15, -0.1) is 0 Å². The Balaban J connectivity index is 2.14. The SMILES string of the molecule is CC(C)(N)C(=O)NCC(=O)N(CCCN)C(c1nc(-c2cc(N)ccc2F)cn1Cc1ccccc1)C(C)(C)C. The first-order valence-electron chi connectivity index (χ1n) is 13.5. The van der Waals surface area contributed by atoms with E-state index in [0.717, 1.165) is 5.56 Å². The van der Waals surface area contributed by atoms with Crippen molar-refractivity contribution in [2.24, 2.45) is 16.9 Å². The fraction of sp³-hybridized carbons (Fsp3) is 0.433. The van der Waals surface area contributed by atoms with Gasteiger partial charge in [0.15, 0.2) is 0 Å². The van der Waals surface area contributed by atoms with Gasteiger partial charge in [0, 0.05) is 30.5 Å². The van der Waals surface area contributed by atoms with Crippen LogP contribution in [-0.4, -0.2) is 51.4 Å². The monoisotopic (exact) mass is 551 g/mol. The first-order valence-corrected chi connectivity index (χ1v) is 13.5. The van der Waals surface area contributed by atoms with Crippen LogP contribution in [0.3, 0.4) is 0 Å². The second-order valence-electron chi connectivity index (χ2n) is 11.7. The maximum atomic E-state index is 15.0. The molecule has 0 aliphatic carbocycles. The summed E-state index contributed by atoms with van der Waals surface area (Å²) in [5.41, 5.74) is 18.2. The molecular weight excluding hydrogens is 509 g/mol. The summed E-state index contributed by atoms with van der Waals surface area (Å²) in [5, 5.41) is 2.66. The van der Waals surface area contributed by atoms with Gasteiger partial charge in [-0.05, 0) is 56.0 Å². The lowest BCUT2D eigenvalue weighted by Crippen LogP contribution is -2.53. The normalized spacial score (nSPS) is 12.7. The number of benzene rings is 2. The third kappa shape index (κ3) is 7.67. The number of rotatable bonds is 11. The zero-order chi connectivity index (χ0) is 29.7. The molecule has 1 aromatic heterocycles. The van der Waals surface area contributed by atoms with E-state index in [1.54, 1.807) is 31.0 Å². The second-order valence-corrected chi connectivity index (χ2v) is 11.7. The number of aromatic nitrogens is 2. The molecule has 10 heteroatoms. The number of hydrogen-bond donors (Lipinski definition) is 4. The summed E-state index contributed by atoms with van der Waals surface area (Å²) in [6.07, 6.45) is 2.34. The molecule has 0 aliphatic heterocycles. The van der Waals surface area contributed by atoms with Crippen LogP contribution in [0.5, 0.6) is 0 Å². The van der Waals surface area contributed by atoms with Crippen molar-refractivity contribution in [2.45, 2.75) is 59.2 Å². The third-order valence-electron chi connectivity index (χ3n) is 6.55. The van der Waals surface area contributed by atoms with Crippen molar-refractivity contribution < 1.29 is 14.0 Å². The Bertz CT molecular complexity index is 1310. The Morgan fingerprint density at radius 1 is 1.10 bits per heavy atom. The smallest absolute Gasteiger partial charge is 0.242 e. The Hall–Kier alpha value is -3.76. The van der Waals surface area contributed by atoms with Gasteiger partial charge in [-0.1, -0.05) is 51.1 Å². The summed E-state index contributed by atoms with van der Waals surface area (Å²) in [5.74, 6) is -0.585. The molecule has 1 heterocycles. The number of imidazole rings is 1. The number of carbonyl (C=O) groups is 2. The van der Waals surface area contributed by atoms with Crippen LogP contribution in [0.1, 0.15) is 58.5 Å². The van der Waals surface area contributed by atoms with Crippen LogP contribution in [-0.2, 0) is 16.1 Å². The van der Waals surface area contributed by atoms with E-state index in [1.165, 1.54) is 12.1 Å². The molecule has 0 bridgehead atoms. The Labute approximate surface area is 235 Å².